The highest BCUT2D eigenvalue weighted by Gasteiger charge is 2.53. The summed E-state index contributed by atoms with van der Waals surface area (Å²) in [6, 6.07) is -0.710. The van der Waals surface area contributed by atoms with Gasteiger partial charge < -0.3 is 0 Å². The Morgan fingerprint density at radius 3 is 2.47 bits per heavy atom. The van der Waals surface area contributed by atoms with Gasteiger partial charge in [0.05, 0.1) is 0 Å². The molecule has 1 saturated heterocycles. The molecule has 1 heterocycles. The predicted molar refractivity (Wildman–Crippen MR) is 67.9 cm³/mol. The molecule has 2 bridgehead atoms. The topological polar surface area (TPSA) is 75.3 Å². The van der Waals surface area contributed by atoms with E-state index in [2.05, 4.69) is 16.7 Å². The third-order valence-corrected chi connectivity index (χ3v) is 4.84. The summed E-state index contributed by atoms with van der Waals surface area (Å²) >= 11 is 0. The maximum absolute atomic E-state index is 12.3. The summed E-state index contributed by atoms with van der Waals surface area (Å²) in [5.74, 6) is 0.162. The van der Waals surface area contributed by atoms with Crippen LogP contribution in [0.15, 0.2) is 11.6 Å². The van der Waals surface area contributed by atoms with Crippen LogP contribution in [0.25, 0.3) is 0 Å². The highest BCUT2D eigenvalue weighted by molar-refractivity contribution is 6.21. The van der Waals surface area contributed by atoms with Gasteiger partial charge in [0.1, 0.15) is 5.41 Å². The van der Waals surface area contributed by atoms with Crippen LogP contribution in [-0.2, 0) is 9.59 Å². The number of carbonyl (C=O) groups is 3. The second-order valence-electron chi connectivity index (χ2n) is 5.83. The standard InChI is InChI=1S/C14H18N2O3/c1-2-14(11(17)15-13(19)16-12(14)18)10-6-8-3-4-9(5-8)7-10/h6,8-9H,2-5,7H2,1H3,(H2,15,16,17,18,19)/t8-,9+/m0/s1. The molecule has 4 amide bonds. The van der Waals surface area contributed by atoms with E-state index in [0.717, 1.165) is 18.4 Å². The van der Waals surface area contributed by atoms with Crippen LogP contribution in [0.1, 0.15) is 39.0 Å². The van der Waals surface area contributed by atoms with Crippen LogP contribution >= 0.6 is 0 Å². The Morgan fingerprint density at radius 1 is 1.21 bits per heavy atom. The Labute approximate surface area is 111 Å². The molecule has 1 saturated carbocycles. The van der Waals surface area contributed by atoms with E-state index in [-0.39, 0.29) is 0 Å². The fourth-order valence-electron chi connectivity index (χ4n) is 3.82. The van der Waals surface area contributed by atoms with E-state index in [1.165, 1.54) is 12.8 Å². The van der Waals surface area contributed by atoms with Gasteiger partial charge >= 0.3 is 6.03 Å². The highest BCUT2D eigenvalue weighted by Crippen LogP contribution is 2.48. The first-order valence-corrected chi connectivity index (χ1v) is 6.94. The fourth-order valence-corrected chi connectivity index (χ4v) is 3.82. The van der Waals surface area contributed by atoms with Crippen molar-refractivity contribution in [3.63, 3.8) is 0 Å². The van der Waals surface area contributed by atoms with Crippen LogP contribution in [0.4, 0.5) is 4.79 Å². The average molecular weight is 262 g/mol. The molecule has 0 aromatic rings. The maximum Gasteiger partial charge on any atom is 0.328 e. The Morgan fingerprint density at radius 2 is 1.89 bits per heavy atom. The molecular weight excluding hydrogens is 244 g/mol. The van der Waals surface area contributed by atoms with E-state index in [1.807, 2.05) is 6.92 Å². The van der Waals surface area contributed by atoms with Crippen LogP contribution in [0.2, 0.25) is 0 Å². The smallest absolute Gasteiger partial charge is 0.277 e. The Bertz CT molecular complexity index is 475. The molecule has 3 aliphatic rings. The number of rotatable bonds is 2. The number of nitrogens with one attached hydrogen (secondary N) is 2. The van der Waals surface area contributed by atoms with Crippen LogP contribution in [-0.4, -0.2) is 17.8 Å². The van der Waals surface area contributed by atoms with Crippen LogP contribution in [0, 0.1) is 17.3 Å². The molecule has 2 aliphatic carbocycles. The van der Waals surface area contributed by atoms with Crippen LogP contribution in [0.5, 0.6) is 0 Å². The monoisotopic (exact) mass is 262 g/mol. The minimum atomic E-state index is -1.17. The number of imide groups is 2. The lowest BCUT2D eigenvalue weighted by Gasteiger charge is -2.37. The molecule has 5 heteroatoms. The summed E-state index contributed by atoms with van der Waals surface area (Å²) < 4.78 is 0. The van der Waals surface area contributed by atoms with E-state index < -0.39 is 23.3 Å². The molecule has 2 N–H and O–H groups in total. The number of barbiturate groups is 1. The number of allylic oxidation sites excluding steroid dienone is 1. The average Bonchev–Trinajstić information content (AvgIpc) is 2.68. The van der Waals surface area contributed by atoms with Crippen molar-refractivity contribution in [2.24, 2.45) is 17.3 Å². The number of urea groups is 1. The van der Waals surface area contributed by atoms with E-state index >= 15 is 0 Å². The Balaban J connectivity index is 2.01. The Hall–Kier alpha value is -1.65. The fraction of sp³-hybridized carbons (Fsp3) is 0.643. The second-order valence-corrected chi connectivity index (χ2v) is 5.83. The van der Waals surface area contributed by atoms with Crippen LogP contribution in [0.3, 0.4) is 0 Å². The van der Waals surface area contributed by atoms with Crippen LogP contribution < -0.4 is 10.6 Å². The number of hydrogen-bond donors (Lipinski definition) is 2. The molecule has 2 atom stereocenters. The van der Waals surface area contributed by atoms with Crippen molar-refractivity contribution in [2.45, 2.75) is 39.0 Å². The third-order valence-electron chi connectivity index (χ3n) is 4.84. The Kier molecular flexibility index (Phi) is 2.73. The first-order chi connectivity index (χ1) is 9.06. The van der Waals surface area contributed by atoms with Crippen molar-refractivity contribution in [2.75, 3.05) is 0 Å². The van der Waals surface area contributed by atoms with Crippen molar-refractivity contribution in [1.29, 1.82) is 0 Å². The number of amides is 4. The third kappa shape index (κ3) is 1.71. The number of fused-ring (bicyclic) bond motifs is 2. The highest BCUT2D eigenvalue weighted by atomic mass is 16.2. The minimum Gasteiger partial charge on any atom is -0.277 e. The molecule has 0 spiro atoms. The van der Waals surface area contributed by atoms with Crippen molar-refractivity contribution >= 4 is 17.8 Å². The summed E-state index contributed by atoms with van der Waals surface area (Å²) in [6.07, 6.45) is 6.80. The van der Waals surface area contributed by atoms with E-state index in [4.69, 9.17) is 0 Å². The largest absolute Gasteiger partial charge is 0.328 e. The lowest BCUT2D eigenvalue weighted by Crippen LogP contribution is -2.63. The SMILES string of the molecule is CCC1(C2=C[C@H]3CC[C@@H](C2)C3)C(=O)NC(=O)NC1=O. The van der Waals surface area contributed by atoms with E-state index in [1.54, 1.807) is 0 Å². The molecule has 0 radical (unpaired) electrons. The maximum atomic E-state index is 12.3. The summed E-state index contributed by atoms with van der Waals surface area (Å²) in [5, 5.41) is 4.50. The molecule has 0 aromatic carbocycles. The van der Waals surface area contributed by atoms with Gasteiger partial charge in [0, 0.05) is 0 Å². The zero-order valence-corrected chi connectivity index (χ0v) is 11.0. The van der Waals surface area contributed by atoms with E-state index in [0.29, 0.717) is 18.3 Å². The summed E-state index contributed by atoms with van der Waals surface area (Å²) in [5.41, 5.74) is -0.258. The number of carbonyl (C=O) groups excluding carboxylic acids is 3. The van der Waals surface area contributed by atoms with Gasteiger partial charge in [-0.15, -0.1) is 0 Å². The molecule has 0 unspecified atom stereocenters. The molecular formula is C14H18N2O3. The minimum absolute atomic E-state index is 0.392. The van der Waals surface area contributed by atoms with Crippen molar-refractivity contribution in [3.8, 4) is 0 Å². The van der Waals surface area contributed by atoms with Gasteiger partial charge in [-0.25, -0.2) is 4.79 Å². The zero-order valence-electron chi connectivity index (χ0n) is 11.0. The normalized spacial score (nSPS) is 32.7. The number of hydrogen-bond acceptors (Lipinski definition) is 3. The second kappa shape index (κ2) is 4.18. The predicted octanol–water partition coefficient (Wildman–Crippen LogP) is 1.50. The van der Waals surface area contributed by atoms with Gasteiger partial charge in [0.15, 0.2) is 0 Å². The van der Waals surface area contributed by atoms with Gasteiger partial charge in [-0.1, -0.05) is 13.0 Å². The van der Waals surface area contributed by atoms with Crippen molar-refractivity contribution < 1.29 is 14.4 Å². The lowest BCUT2D eigenvalue weighted by molar-refractivity contribution is -0.142. The first-order valence-electron chi connectivity index (χ1n) is 6.94. The summed E-state index contributed by atoms with van der Waals surface area (Å²) in [7, 11) is 0. The summed E-state index contributed by atoms with van der Waals surface area (Å²) in [4.78, 5) is 35.8. The molecule has 0 aromatic heterocycles. The van der Waals surface area contributed by atoms with E-state index in [9.17, 15) is 14.4 Å². The summed E-state index contributed by atoms with van der Waals surface area (Å²) in [6.45, 7) is 1.83. The molecule has 102 valence electrons. The van der Waals surface area contributed by atoms with Gasteiger partial charge in [-0.05, 0) is 49.5 Å². The lowest BCUT2D eigenvalue weighted by atomic mass is 9.69. The van der Waals surface area contributed by atoms with Gasteiger partial charge in [0.25, 0.3) is 0 Å². The molecule has 5 nitrogen and oxygen atoms in total. The van der Waals surface area contributed by atoms with Gasteiger partial charge in [0.2, 0.25) is 11.8 Å². The molecule has 1 aliphatic heterocycles. The van der Waals surface area contributed by atoms with Gasteiger partial charge in [-0.3, -0.25) is 20.2 Å². The van der Waals surface area contributed by atoms with Crippen molar-refractivity contribution in [1.82, 2.24) is 10.6 Å². The zero-order chi connectivity index (χ0) is 13.6. The van der Waals surface area contributed by atoms with Crippen molar-refractivity contribution in [3.05, 3.63) is 11.6 Å². The quantitative estimate of drug-likeness (QED) is 0.585. The van der Waals surface area contributed by atoms with Gasteiger partial charge in [-0.2, -0.15) is 0 Å². The molecule has 19 heavy (non-hydrogen) atoms. The molecule has 3 rings (SSSR count). The first kappa shape index (κ1) is 12.4. The molecule has 2 fully saturated rings.